The number of hydrogen-bond acceptors (Lipinski definition) is 6. The Labute approximate surface area is 169 Å². The average molecular weight is 399 g/mol. The molecule has 2 atom stereocenters. The van der Waals surface area contributed by atoms with Crippen LogP contribution in [0.4, 0.5) is 0 Å². The summed E-state index contributed by atoms with van der Waals surface area (Å²) in [5.41, 5.74) is 3.09. The van der Waals surface area contributed by atoms with E-state index in [4.69, 9.17) is 4.98 Å². The second kappa shape index (κ2) is 7.08. The van der Waals surface area contributed by atoms with Crippen molar-refractivity contribution in [1.82, 2.24) is 28.9 Å². The quantitative estimate of drug-likeness (QED) is 0.741. The van der Waals surface area contributed by atoms with E-state index in [0.29, 0.717) is 5.91 Å². The molecule has 1 fully saturated rings. The highest BCUT2D eigenvalue weighted by molar-refractivity contribution is 7.03. The number of allylic oxidation sites excluding steroid dienone is 2. The first-order valence-corrected chi connectivity index (χ1v) is 11.0. The minimum absolute atomic E-state index is 0.115. The van der Waals surface area contributed by atoms with Crippen molar-refractivity contribution in [3.05, 3.63) is 40.9 Å². The highest BCUT2D eigenvalue weighted by Crippen LogP contribution is 2.43. The van der Waals surface area contributed by atoms with Crippen LogP contribution in [0, 0.1) is 5.92 Å². The number of carbonyl (C=O) groups is 1. The van der Waals surface area contributed by atoms with Gasteiger partial charge in [-0.3, -0.25) is 9.69 Å². The van der Waals surface area contributed by atoms with E-state index in [2.05, 4.69) is 43.2 Å². The minimum atomic E-state index is -0.309. The maximum Gasteiger partial charge on any atom is 0.226 e. The summed E-state index contributed by atoms with van der Waals surface area (Å²) in [4.78, 5) is 23.0. The zero-order valence-electron chi connectivity index (χ0n) is 16.3. The van der Waals surface area contributed by atoms with Gasteiger partial charge in [0.1, 0.15) is 5.54 Å². The Hall–Kier alpha value is -2.06. The molecule has 1 amide bonds. The zero-order chi connectivity index (χ0) is 19.1. The number of likely N-dealkylation sites (tertiary alicyclic amines) is 1. The van der Waals surface area contributed by atoms with Crippen LogP contribution in [0.3, 0.4) is 0 Å². The number of carbonyl (C=O) groups excluding carboxylic acids is 1. The number of rotatable bonds is 3. The summed E-state index contributed by atoms with van der Waals surface area (Å²) in [6.45, 7) is 3.34. The Bertz CT molecular complexity index is 891. The number of fused-ring (bicyclic) bond motifs is 2. The van der Waals surface area contributed by atoms with Gasteiger partial charge in [-0.05, 0) is 37.2 Å². The van der Waals surface area contributed by atoms with Gasteiger partial charge in [-0.25, -0.2) is 4.98 Å². The molecule has 2 aromatic heterocycles. The van der Waals surface area contributed by atoms with Crippen molar-refractivity contribution in [1.29, 1.82) is 0 Å². The van der Waals surface area contributed by atoms with E-state index in [9.17, 15) is 4.79 Å². The van der Waals surface area contributed by atoms with Crippen molar-refractivity contribution >= 4 is 17.4 Å². The number of nitrogens with zero attached hydrogens (tertiary/aromatic N) is 6. The van der Waals surface area contributed by atoms with Gasteiger partial charge in [0.2, 0.25) is 5.91 Å². The zero-order valence-corrected chi connectivity index (χ0v) is 17.1. The molecule has 7 nitrogen and oxygen atoms in total. The second-order valence-electron chi connectivity index (χ2n) is 8.26. The maximum atomic E-state index is 13.6. The molecule has 1 aliphatic carbocycles. The number of imidazole rings is 1. The molecule has 28 heavy (non-hydrogen) atoms. The molecule has 1 saturated heterocycles. The SMILES string of the molecule is Cn1cnc2c1CCN(C(=O)C1CC=CCC1)C21CCN(Cc2csnn2)C1. The first-order valence-electron chi connectivity index (χ1n) is 10.1. The molecular formula is C20H26N6OS. The van der Waals surface area contributed by atoms with Gasteiger partial charge in [-0.2, -0.15) is 0 Å². The van der Waals surface area contributed by atoms with Crippen LogP contribution in [0.2, 0.25) is 0 Å². The monoisotopic (exact) mass is 398 g/mol. The molecule has 2 aromatic rings. The molecule has 0 N–H and O–H groups in total. The Kier molecular flexibility index (Phi) is 4.55. The lowest BCUT2D eigenvalue weighted by Gasteiger charge is -2.45. The lowest BCUT2D eigenvalue weighted by Crippen LogP contribution is -2.56. The average Bonchev–Trinajstić information content (AvgIpc) is 3.45. The van der Waals surface area contributed by atoms with Gasteiger partial charge >= 0.3 is 0 Å². The molecule has 0 aromatic carbocycles. The molecule has 8 heteroatoms. The molecule has 0 saturated carbocycles. The van der Waals surface area contributed by atoms with E-state index in [1.807, 2.05) is 11.7 Å². The predicted molar refractivity (Wildman–Crippen MR) is 107 cm³/mol. The van der Waals surface area contributed by atoms with Crippen LogP contribution in [0.1, 0.15) is 42.8 Å². The van der Waals surface area contributed by atoms with Gasteiger partial charge in [0, 0.05) is 56.6 Å². The summed E-state index contributed by atoms with van der Waals surface area (Å²) >= 11 is 1.39. The van der Waals surface area contributed by atoms with Gasteiger partial charge in [0.25, 0.3) is 0 Å². The topological polar surface area (TPSA) is 67.2 Å². The van der Waals surface area contributed by atoms with Crippen LogP contribution in [0.5, 0.6) is 0 Å². The second-order valence-corrected chi connectivity index (χ2v) is 8.87. The normalized spacial score (nSPS) is 27.5. The molecular weight excluding hydrogens is 372 g/mol. The summed E-state index contributed by atoms with van der Waals surface area (Å²) in [6.07, 6.45) is 10.9. The fraction of sp³-hybridized carbons (Fsp3) is 0.600. The molecule has 2 unspecified atom stereocenters. The van der Waals surface area contributed by atoms with Crippen molar-refractivity contribution in [2.75, 3.05) is 19.6 Å². The van der Waals surface area contributed by atoms with Crippen molar-refractivity contribution in [3.8, 4) is 0 Å². The molecule has 0 bridgehead atoms. The highest BCUT2D eigenvalue weighted by Gasteiger charge is 2.52. The third-order valence-corrected chi connectivity index (χ3v) is 7.14. The summed E-state index contributed by atoms with van der Waals surface area (Å²) in [7, 11) is 2.07. The molecule has 5 rings (SSSR count). The molecule has 3 aliphatic rings. The highest BCUT2D eigenvalue weighted by atomic mass is 32.1. The summed E-state index contributed by atoms with van der Waals surface area (Å²) in [5, 5.41) is 6.22. The third-order valence-electron chi connectivity index (χ3n) is 6.59. The van der Waals surface area contributed by atoms with E-state index in [1.54, 1.807) is 0 Å². The standard InChI is InChI=1S/C20H26N6OS/c1-24-14-21-18-17(24)7-9-26(19(27)15-5-3-2-4-6-15)20(18)8-10-25(13-20)11-16-12-28-23-22-16/h2-3,12,14-15H,4-11,13H2,1H3. The Morgan fingerprint density at radius 2 is 2.29 bits per heavy atom. The molecule has 0 radical (unpaired) electrons. The predicted octanol–water partition coefficient (Wildman–Crippen LogP) is 2.11. The minimum Gasteiger partial charge on any atom is -0.337 e. The molecule has 1 spiro atoms. The van der Waals surface area contributed by atoms with Crippen LogP contribution >= 0.6 is 11.5 Å². The number of aryl methyl sites for hydroxylation is 1. The summed E-state index contributed by atoms with van der Waals surface area (Å²) < 4.78 is 6.12. The van der Waals surface area contributed by atoms with Crippen LogP contribution < -0.4 is 0 Å². The van der Waals surface area contributed by atoms with Crippen molar-refractivity contribution in [2.45, 2.75) is 44.2 Å². The van der Waals surface area contributed by atoms with Crippen molar-refractivity contribution in [2.24, 2.45) is 13.0 Å². The number of hydrogen-bond donors (Lipinski definition) is 0. The van der Waals surface area contributed by atoms with Gasteiger partial charge in [-0.1, -0.05) is 16.6 Å². The Balaban J connectivity index is 1.47. The van der Waals surface area contributed by atoms with Crippen LogP contribution in [-0.2, 0) is 30.3 Å². The Morgan fingerprint density at radius 1 is 1.36 bits per heavy atom. The smallest absolute Gasteiger partial charge is 0.226 e. The fourth-order valence-electron chi connectivity index (χ4n) is 5.16. The lowest BCUT2D eigenvalue weighted by atomic mass is 9.83. The lowest BCUT2D eigenvalue weighted by molar-refractivity contribution is -0.143. The number of amides is 1. The van der Waals surface area contributed by atoms with Crippen molar-refractivity contribution in [3.63, 3.8) is 0 Å². The van der Waals surface area contributed by atoms with Crippen molar-refractivity contribution < 1.29 is 4.79 Å². The van der Waals surface area contributed by atoms with E-state index < -0.39 is 0 Å². The van der Waals surface area contributed by atoms with Crippen LogP contribution in [0.15, 0.2) is 23.9 Å². The van der Waals surface area contributed by atoms with E-state index in [0.717, 1.165) is 69.7 Å². The molecule has 4 heterocycles. The summed E-state index contributed by atoms with van der Waals surface area (Å²) in [6, 6.07) is 0. The van der Waals surface area contributed by atoms with E-state index >= 15 is 0 Å². The van der Waals surface area contributed by atoms with Gasteiger partial charge in [0.15, 0.2) is 0 Å². The van der Waals surface area contributed by atoms with Gasteiger partial charge in [-0.15, -0.1) is 5.10 Å². The largest absolute Gasteiger partial charge is 0.337 e. The first-order chi connectivity index (χ1) is 13.7. The fourth-order valence-corrected chi connectivity index (χ4v) is 5.60. The van der Waals surface area contributed by atoms with E-state index in [-0.39, 0.29) is 11.5 Å². The Morgan fingerprint density at radius 3 is 3.07 bits per heavy atom. The van der Waals surface area contributed by atoms with Crippen LogP contribution in [-0.4, -0.2) is 54.5 Å². The third kappa shape index (κ3) is 2.90. The van der Waals surface area contributed by atoms with Crippen LogP contribution in [0.25, 0.3) is 0 Å². The molecule has 2 aliphatic heterocycles. The summed E-state index contributed by atoms with van der Waals surface area (Å²) in [5.74, 6) is 0.432. The molecule has 148 valence electrons. The first kappa shape index (κ1) is 18.0. The maximum absolute atomic E-state index is 13.6. The van der Waals surface area contributed by atoms with Gasteiger partial charge in [0.05, 0.1) is 17.7 Å². The van der Waals surface area contributed by atoms with Gasteiger partial charge < -0.3 is 9.47 Å². The number of aromatic nitrogens is 4. The van der Waals surface area contributed by atoms with E-state index in [1.165, 1.54) is 17.2 Å².